The summed E-state index contributed by atoms with van der Waals surface area (Å²) >= 11 is 1.41. The fourth-order valence-electron chi connectivity index (χ4n) is 1.45. The van der Waals surface area contributed by atoms with Gasteiger partial charge in [0.1, 0.15) is 5.82 Å². The number of aliphatic hydroxyl groups is 1. The number of hydrogen-bond donors (Lipinski definition) is 2. The van der Waals surface area contributed by atoms with Gasteiger partial charge in [-0.2, -0.15) is 0 Å². The highest BCUT2D eigenvalue weighted by atomic mass is 32.1. The Morgan fingerprint density at radius 2 is 2.00 bits per heavy atom. The number of rotatable bonds is 3. The Labute approximate surface area is 97.2 Å². The Hall–Kier alpha value is -1.23. The van der Waals surface area contributed by atoms with Crippen molar-refractivity contribution >= 4 is 11.3 Å². The van der Waals surface area contributed by atoms with Crippen LogP contribution in [0.3, 0.4) is 0 Å². The van der Waals surface area contributed by atoms with Crippen molar-refractivity contribution in [3.8, 4) is 10.4 Å². The average molecular weight is 237 g/mol. The Balaban J connectivity index is 2.35. The van der Waals surface area contributed by atoms with Crippen molar-refractivity contribution in [1.82, 2.24) is 0 Å². The Morgan fingerprint density at radius 3 is 2.69 bits per heavy atom. The standard InChI is InChI=1S/C12H12FNOS/c13-9-4-2-1-3-8(9)11-5-6-12(16-11)10(14)7-15/h1-6,10,15H,7,14H2/t10-/m0/s1. The lowest BCUT2D eigenvalue weighted by Gasteiger charge is -2.03. The van der Waals surface area contributed by atoms with E-state index in [2.05, 4.69) is 0 Å². The lowest BCUT2D eigenvalue weighted by Crippen LogP contribution is -2.12. The molecule has 0 fully saturated rings. The number of aliphatic hydroxyl groups excluding tert-OH is 1. The average Bonchev–Trinajstić information content (AvgIpc) is 2.78. The summed E-state index contributed by atoms with van der Waals surface area (Å²) in [5.74, 6) is -0.242. The van der Waals surface area contributed by atoms with E-state index in [4.69, 9.17) is 10.8 Å². The maximum atomic E-state index is 13.5. The molecule has 0 spiro atoms. The van der Waals surface area contributed by atoms with Crippen LogP contribution in [0.5, 0.6) is 0 Å². The van der Waals surface area contributed by atoms with Gasteiger partial charge >= 0.3 is 0 Å². The van der Waals surface area contributed by atoms with E-state index in [1.165, 1.54) is 17.4 Å². The molecule has 1 aromatic heterocycles. The summed E-state index contributed by atoms with van der Waals surface area (Å²) in [6.07, 6.45) is 0. The first-order valence-electron chi connectivity index (χ1n) is 4.93. The highest BCUT2D eigenvalue weighted by Gasteiger charge is 2.11. The topological polar surface area (TPSA) is 46.2 Å². The van der Waals surface area contributed by atoms with Gasteiger partial charge in [0.2, 0.25) is 0 Å². The van der Waals surface area contributed by atoms with Crippen LogP contribution in [0, 0.1) is 5.82 Å². The van der Waals surface area contributed by atoms with E-state index in [-0.39, 0.29) is 18.5 Å². The van der Waals surface area contributed by atoms with Crippen LogP contribution in [0.25, 0.3) is 10.4 Å². The largest absolute Gasteiger partial charge is 0.394 e. The highest BCUT2D eigenvalue weighted by molar-refractivity contribution is 7.15. The summed E-state index contributed by atoms with van der Waals surface area (Å²) < 4.78 is 13.5. The Kier molecular flexibility index (Phi) is 3.33. The molecule has 2 aromatic rings. The Bertz CT molecular complexity index is 483. The summed E-state index contributed by atoms with van der Waals surface area (Å²) in [7, 11) is 0. The summed E-state index contributed by atoms with van der Waals surface area (Å²) in [4.78, 5) is 1.69. The SMILES string of the molecule is N[C@@H](CO)c1ccc(-c2ccccc2F)s1. The maximum Gasteiger partial charge on any atom is 0.131 e. The molecule has 0 saturated carbocycles. The molecule has 0 aliphatic carbocycles. The van der Waals surface area contributed by atoms with Gasteiger partial charge in [-0.25, -0.2) is 4.39 Å². The van der Waals surface area contributed by atoms with E-state index >= 15 is 0 Å². The second-order valence-electron chi connectivity index (χ2n) is 3.47. The third-order valence-corrected chi connectivity index (χ3v) is 3.58. The van der Waals surface area contributed by atoms with E-state index in [1.807, 2.05) is 12.1 Å². The van der Waals surface area contributed by atoms with E-state index in [0.29, 0.717) is 5.56 Å². The molecular formula is C12H12FNOS. The molecule has 1 heterocycles. The van der Waals surface area contributed by atoms with Crippen molar-refractivity contribution in [2.45, 2.75) is 6.04 Å². The fraction of sp³-hybridized carbons (Fsp3) is 0.167. The molecule has 0 aliphatic rings. The molecule has 0 radical (unpaired) electrons. The van der Waals surface area contributed by atoms with Gasteiger partial charge < -0.3 is 10.8 Å². The lowest BCUT2D eigenvalue weighted by atomic mass is 10.2. The van der Waals surface area contributed by atoms with Gasteiger partial charge in [0.25, 0.3) is 0 Å². The molecule has 16 heavy (non-hydrogen) atoms. The molecule has 0 saturated heterocycles. The van der Waals surface area contributed by atoms with Crippen molar-refractivity contribution < 1.29 is 9.50 Å². The zero-order valence-electron chi connectivity index (χ0n) is 8.56. The molecule has 2 rings (SSSR count). The van der Waals surface area contributed by atoms with E-state index in [1.54, 1.807) is 18.2 Å². The smallest absolute Gasteiger partial charge is 0.131 e. The van der Waals surface area contributed by atoms with Gasteiger partial charge in [-0.15, -0.1) is 11.3 Å². The van der Waals surface area contributed by atoms with Crippen molar-refractivity contribution in [1.29, 1.82) is 0 Å². The molecule has 2 nitrogen and oxygen atoms in total. The minimum atomic E-state index is -0.384. The van der Waals surface area contributed by atoms with Crippen molar-refractivity contribution in [3.05, 3.63) is 47.1 Å². The van der Waals surface area contributed by atoms with Crippen molar-refractivity contribution in [3.63, 3.8) is 0 Å². The van der Waals surface area contributed by atoms with Crippen LogP contribution in [-0.4, -0.2) is 11.7 Å². The summed E-state index contributed by atoms with van der Waals surface area (Å²) in [6.45, 7) is -0.1000. The van der Waals surface area contributed by atoms with Crippen molar-refractivity contribution in [2.24, 2.45) is 5.73 Å². The van der Waals surface area contributed by atoms with E-state index in [0.717, 1.165) is 9.75 Å². The number of halogens is 1. The maximum absolute atomic E-state index is 13.5. The number of thiophene rings is 1. The minimum absolute atomic E-state index is 0.1000. The van der Waals surface area contributed by atoms with E-state index < -0.39 is 0 Å². The van der Waals surface area contributed by atoms with Gasteiger partial charge in [0.05, 0.1) is 12.6 Å². The molecule has 4 heteroatoms. The lowest BCUT2D eigenvalue weighted by molar-refractivity contribution is 0.269. The van der Waals surface area contributed by atoms with Gasteiger partial charge in [-0.05, 0) is 18.2 Å². The van der Waals surface area contributed by atoms with Crippen LogP contribution >= 0.6 is 11.3 Å². The molecule has 0 aliphatic heterocycles. The molecule has 3 N–H and O–H groups in total. The number of nitrogens with two attached hydrogens (primary N) is 1. The predicted octanol–water partition coefficient (Wildman–Crippen LogP) is 2.55. The normalized spacial score (nSPS) is 12.7. The van der Waals surface area contributed by atoms with Crippen molar-refractivity contribution in [2.75, 3.05) is 6.61 Å². The van der Waals surface area contributed by atoms with Crippen LogP contribution in [0.15, 0.2) is 36.4 Å². The number of benzene rings is 1. The fourth-order valence-corrected chi connectivity index (χ4v) is 2.48. The minimum Gasteiger partial charge on any atom is -0.394 e. The van der Waals surface area contributed by atoms with Crippen LogP contribution in [0.2, 0.25) is 0 Å². The zero-order valence-corrected chi connectivity index (χ0v) is 9.38. The molecular weight excluding hydrogens is 225 g/mol. The van der Waals surface area contributed by atoms with Gasteiger partial charge in [-0.3, -0.25) is 0 Å². The van der Waals surface area contributed by atoms with Crippen LogP contribution in [0.4, 0.5) is 4.39 Å². The first-order valence-corrected chi connectivity index (χ1v) is 5.75. The van der Waals surface area contributed by atoms with Gasteiger partial charge in [0, 0.05) is 15.3 Å². The quantitative estimate of drug-likeness (QED) is 0.861. The monoisotopic (exact) mass is 237 g/mol. The molecule has 0 unspecified atom stereocenters. The first kappa shape index (κ1) is 11.3. The summed E-state index contributed by atoms with van der Waals surface area (Å²) in [6, 6.07) is 9.89. The Morgan fingerprint density at radius 1 is 1.25 bits per heavy atom. The van der Waals surface area contributed by atoms with Crippen LogP contribution in [0.1, 0.15) is 10.9 Å². The van der Waals surface area contributed by atoms with Gasteiger partial charge in [-0.1, -0.05) is 18.2 Å². The molecule has 1 aromatic carbocycles. The van der Waals surface area contributed by atoms with E-state index in [9.17, 15) is 4.39 Å². The molecule has 0 amide bonds. The van der Waals surface area contributed by atoms with Crippen LogP contribution < -0.4 is 5.73 Å². The van der Waals surface area contributed by atoms with Gasteiger partial charge in [0.15, 0.2) is 0 Å². The highest BCUT2D eigenvalue weighted by Crippen LogP contribution is 2.31. The summed E-state index contributed by atoms with van der Waals surface area (Å²) in [5.41, 5.74) is 6.26. The predicted molar refractivity (Wildman–Crippen MR) is 63.7 cm³/mol. The molecule has 84 valence electrons. The van der Waals surface area contributed by atoms with Crippen LogP contribution in [-0.2, 0) is 0 Å². The second-order valence-corrected chi connectivity index (χ2v) is 4.59. The second kappa shape index (κ2) is 4.74. The first-order chi connectivity index (χ1) is 7.72. The molecule has 1 atom stereocenters. The zero-order chi connectivity index (χ0) is 11.5. The summed E-state index contributed by atoms with van der Waals surface area (Å²) in [5, 5.41) is 8.93. The third kappa shape index (κ3) is 2.14. The number of hydrogen-bond acceptors (Lipinski definition) is 3. The third-order valence-electron chi connectivity index (χ3n) is 2.33. The molecule has 0 bridgehead atoms.